The molecule has 1 atom stereocenters. The molecule has 2 rings (SSSR count). The van der Waals surface area contributed by atoms with Gasteiger partial charge in [0.2, 0.25) is 0 Å². The molecule has 88 valence electrons. The third-order valence-corrected chi connectivity index (χ3v) is 3.91. The Kier molecular flexibility index (Phi) is 4.10. The second-order valence-electron chi connectivity index (χ2n) is 4.60. The lowest BCUT2D eigenvalue weighted by molar-refractivity contribution is 0.699. The molecular weight excluding hydrogens is 216 g/mol. The predicted molar refractivity (Wildman–Crippen MR) is 72.3 cm³/mol. The average molecular weight is 236 g/mol. The molecule has 0 bridgehead atoms. The summed E-state index contributed by atoms with van der Waals surface area (Å²) in [6, 6.07) is 4.35. The topological polar surface area (TPSA) is 24.9 Å². The van der Waals surface area contributed by atoms with Gasteiger partial charge in [-0.3, -0.25) is 0 Å². The van der Waals surface area contributed by atoms with E-state index >= 15 is 0 Å². The summed E-state index contributed by atoms with van der Waals surface area (Å²) >= 11 is 1.90. The minimum atomic E-state index is 0.699. The zero-order chi connectivity index (χ0) is 11.4. The zero-order valence-electron chi connectivity index (χ0n) is 10.1. The van der Waals surface area contributed by atoms with Crippen LogP contribution in [0, 0.1) is 5.92 Å². The summed E-state index contributed by atoms with van der Waals surface area (Å²) in [6.45, 7) is 3.30. The summed E-state index contributed by atoms with van der Waals surface area (Å²) in [6.07, 6.45) is 5.80. The molecule has 1 N–H and O–H groups in total. The Morgan fingerprint density at radius 3 is 3.12 bits per heavy atom. The molecule has 1 aliphatic rings. The highest BCUT2D eigenvalue weighted by Gasteiger charge is 2.12. The minimum absolute atomic E-state index is 0.699. The van der Waals surface area contributed by atoms with Gasteiger partial charge in [0, 0.05) is 12.2 Å². The van der Waals surface area contributed by atoms with Gasteiger partial charge in [0.1, 0.15) is 5.82 Å². The zero-order valence-corrected chi connectivity index (χ0v) is 10.9. The van der Waals surface area contributed by atoms with Crippen molar-refractivity contribution in [3.8, 4) is 0 Å². The van der Waals surface area contributed by atoms with Crippen molar-refractivity contribution in [3.05, 3.63) is 23.4 Å². The summed E-state index contributed by atoms with van der Waals surface area (Å²) < 4.78 is 0. The molecule has 0 radical (unpaired) electrons. The Hall–Kier alpha value is -0.700. The van der Waals surface area contributed by atoms with Crippen molar-refractivity contribution in [2.45, 2.75) is 26.2 Å². The van der Waals surface area contributed by atoms with E-state index in [1.807, 2.05) is 11.8 Å². The molecule has 3 heteroatoms. The van der Waals surface area contributed by atoms with Gasteiger partial charge < -0.3 is 5.32 Å². The number of aromatic nitrogens is 1. The maximum absolute atomic E-state index is 4.67. The van der Waals surface area contributed by atoms with E-state index in [1.54, 1.807) is 0 Å². The normalized spacial score (nSPS) is 15.9. The first-order valence-corrected chi connectivity index (χ1v) is 7.40. The fraction of sp³-hybridized carbons (Fsp3) is 0.615. The second-order valence-corrected chi connectivity index (χ2v) is 5.51. The first kappa shape index (κ1) is 11.8. The SMILES string of the molecule is CSCC(C)CNc1ccc2c(n1)CCC2. The molecule has 1 heterocycles. The molecule has 1 aliphatic carbocycles. The average Bonchev–Trinajstić information content (AvgIpc) is 2.74. The van der Waals surface area contributed by atoms with Crippen LogP contribution in [0.2, 0.25) is 0 Å². The van der Waals surface area contributed by atoms with Crippen LogP contribution in [0.15, 0.2) is 12.1 Å². The van der Waals surface area contributed by atoms with Crippen molar-refractivity contribution < 1.29 is 0 Å². The fourth-order valence-electron chi connectivity index (χ4n) is 2.14. The number of hydrogen-bond donors (Lipinski definition) is 1. The molecule has 0 saturated heterocycles. The van der Waals surface area contributed by atoms with Gasteiger partial charge in [0.05, 0.1) is 0 Å². The first-order chi connectivity index (χ1) is 7.79. The third-order valence-electron chi connectivity index (χ3n) is 3.01. The highest BCUT2D eigenvalue weighted by atomic mass is 32.2. The van der Waals surface area contributed by atoms with Crippen LogP contribution in [0.1, 0.15) is 24.6 Å². The highest BCUT2D eigenvalue weighted by Crippen LogP contribution is 2.21. The Morgan fingerprint density at radius 2 is 2.31 bits per heavy atom. The van der Waals surface area contributed by atoms with E-state index in [2.05, 4.69) is 35.6 Å². The summed E-state index contributed by atoms with van der Waals surface area (Å²) in [7, 11) is 0. The lowest BCUT2D eigenvalue weighted by atomic mass is 10.2. The Labute approximate surface area is 102 Å². The van der Waals surface area contributed by atoms with Crippen LogP contribution >= 0.6 is 11.8 Å². The number of aryl methyl sites for hydroxylation is 2. The molecule has 16 heavy (non-hydrogen) atoms. The van der Waals surface area contributed by atoms with Gasteiger partial charge in [-0.2, -0.15) is 11.8 Å². The van der Waals surface area contributed by atoms with E-state index in [-0.39, 0.29) is 0 Å². The van der Waals surface area contributed by atoms with E-state index < -0.39 is 0 Å². The first-order valence-electron chi connectivity index (χ1n) is 6.01. The van der Waals surface area contributed by atoms with Gasteiger partial charge in [-0.05, 0) is 48.8 Å². The molecule has 1 aromatic rings. The number of fused-ring (bicyclic) bond motifs is 1. The number of hydrogen-bond acceptors (Lipinski definition) is 3. The molecule has 1 unspecified atom stereocenters. The van der Waals surface area contributed by atoms with Crippen molar-refractivity contribution in [1.82, 2.24) is 4.98 Å². The lowest BCUT2D eigenvalue weighted by Crippen LogP contribution is -2.14. The summed E-state index contributed by atoms with van der Waals surface area (Å²) in [5.41, 5.74) is 2.75. The highest BCUT2D eigenvalue weighted by molar-refractivity contribution is 7.98. The molecule has 1 aromatic heterocycles. The fourth-order valence-corrected chi connectivity index (χ4v) is 2.83. The Balaban J connectivity index is 1.90. The van der Waals surface area contributed by atoms with E-state index in [0.717, 1.165) is 18.8 Å². The maximum Gasteiger partial charge on any atom is 0.126 e. The largest absolute Gasteiger partial charge is 0.370 e. The summed E-state index contributed by atoms with van der Waals surface area (Å²) in [4.78, 5) is 4.67. The molecule has 0 aromatic carbocycles. The van der Waals surface area contributed by atoms with Crippen molar-refractivity contribution in [3.63, 3.8) is 0 Å². The van der Waals surface area contributed by atoms with Crippen LogP contribution < -0.4 is 5.32 Å². The molecule has 0 amide bonds. The molecular formula is C13H20N2S. The third kappa shape index (κ3) is 2.91. The Bertz CT molecular complexity index is 352. The van der Waals surface area contributed by atoms with Gasteiger partial charge in [0.15, 0.2) is 0 Å². The quantitative estimate of drug-likeness (QED) is 0.851. The number of anilines is 1. The van der Waals surface area contributed by atoms with Crippen LogP contribution in [-0.4, -0.2) is 23.5 Å². The van der Waals surface area contributed by atoms with Gasteiger partial charge in [0.25, 0.3) is 0 Å². The standard InChI is InChI=1S/C13H20N2S/c1-10(9-16-2)8-14-13-7-6-11-4-3-5-12(11)15-13/h6-7,10H,3-5,8-9H2,1-2H3,(H,14,15). The van der Waals surface area contributed by atoms with E-state index in [9.17, 15) is 0 Å². The van der Waals surface area contributed by atoms with E-state index in [0.29, 0.717) is 5.92 Å². The number of nitrogens with one attached hydrogen (secondary N) is 1. The monoisotopic (exact) mass is 236 g/mol. The van der Waals surface area contributed by atoms with Crippen LogP contribution in [-0.2, 0) is 12.8 Å². The second kappa shape index (κ2) is 5.58. The van der Waals surface area contributed by atoms with Crippen molar-refractivity contribution in [1.29, 1.82) is 0 Å². The van der Waals surface area contributed by atoms with Crippen molar-refractivity contribution in [2.75, 3.05) is 23.9 Å². The minimum Gasteiger partial charge on any atom is -0.370 e. The van der Waals surface area contributed by atoms with Crippen LogP contribution in [0.3, 0.4) is 0 Å². The number of nitrogens with zero attached hydrogens (tertiary/aromatic N) is 1. The van der Waals surface area contributed by atoms with Crippen LogP contribution in [0.5, 0.6) is 0 Å². The van der Waals surface area contributed by atoms with Crippen molar-refractivity contribution in [2.24, 2.45) is 5.92 Å². The van der Waals surface area contributed by atoms with E-state index in [1.165, 1.54) is 29.9 Å². The number of rotatable bonds is 5. The van der Waals surface area contributed by atoms with Crippen LogP contribution in [0.4, 0.5) is 5.82 Å². The van der Waals surface area contributed by atoms with Gasteiger partial charge >= 0.3 is 0 Å². The van der Waals surface area contributed by atoms with Gasteiger partial charge in [-0.25, -0.2) is 4.98 Å². The lowest BCUT2D eigenvalue weighted by Gasteiger charge is -2.12. The maximum atomic E-state index is 4.67. The molecule has 0 fully saturated rings. The van der Waals surface area contributed by atoms with Crippen LogP contribution in [0.25, 0.3) is 0 Å². The number of pyridine rings is 1. The smallest absolute Gasteiger partial charge is 0.126 e. The summed E-state index contributed by atoms with van der Waals surface area (Å²) in [5, 5.41) is 3.43. The molecule has 0 spiro atoms. The molecule has 0 aliphatic heterocycles. The van der Waals surface area contributed by atoms with Crippen molar-refractivity contribution >= 4 is 17.6 Å². The molecule has 2 nitrogen and oxygen atoms in total. The van der Waals surface area contributed by atoms with Gasteiger partial charge in [-0.1, -0.05) is 13.0 Å². The van der Waals surface area contributed by atoms with Gasteiger partial charge in [-0.15, -0.1) is 0 Å². The summed E-state index contributed by atoms with van der Waals surface area (Å²) in [5.74, 6) is 2.96. The van der Waals surface area contributed by atoms with E-state index in [4.69, 9.17) is 0 Å². The predicted octanol–water partition coefficient (Wildman–Crippen LogP) is 2.98. The molecule has 0 saturated carbocycles. The number of thioether (sulfide) groups is 1. The Morgan fingerprint density at radius 1 is 1.44 bits per heavy atom.